The molecule has 0 radical (unpaired) electrons. The van der Waals surface area contributed by atoms with Gasteiger partial charge in [0.25, 0.3) is 5.91 Å². The Morgan fingerprint density at radius 1 is 0.786 bits per heavy atom. The summed E-state index contributed by atoms with van der Waals surface area (Å²) in [7, 11) is 0. The zero-order valence-corrected chi connectivity index (χ0v) is 69.1. The van der Waals surface area contributed by atoms with Crippen molar-refractivity contribution < 1.29 is 67.1 Å². The minimum atomic E-state index is -1.76. The van der Waals surface area contributed by atoms with E-state index in [9.17, 15) is 43.5 Å². The second-order valence-electron chi connectivity index (χ2n) is 31.6. The number of aromatic nitrogens is 4. The first kappa shape index (κ1) is 90.0. The van der Waals surface area contributed by atoms with Crippen LogP contribution in [-0.4, -0.2) is 227 Å². The Morgan fingerprint density at radius 2 is 1.49 bits per heavy atom. The van der Waals surface area contributed by atoms with Crippen molar-refractivity contribution in [1.82, 2.24) is 45.3 Å². The van der Waals surface area contributed by atoms with E-state index in [2.05, 4.69) is 65.2 Å². The van der Waals surface area contributed by atoms with Crippen LogP contribution in [0.4, 0.5) is 16.7 Å². The van der Waals surface area contributed by atoms with Crippen LogP contribution in [0.2, 0.25) is 0 Å². The number of Topliss-reactive ketones (excluding diaryl/α,β-unsaturated/α-hetero) is 3. The SMILES string of the molecule is CCO[C@@H](C[C@@H]1CC[C@@H](C)[C@](O)(C(C)=O)O1)/C(C)=C/C=C/C=C/C(C)CC(C)C(=O)CC/C=C/[C@@H](C)C(=O)CC(CCC1CCC(OC(=O)NCc2cnc(N3CCN(C(=O)CCOCCN4CCN(c5ncc(C(=O)NCCSc6ccc(C=O)c(C)c6)cn5)CC4)CC3)nc2)CC1)OCC[C@]1(C)CCCCN1C(C)=O. The number of aryl methyl sites for hydroxylation is 1. The van der Waals surface area contributed by atoms with Gasteiger partial charge < -0.3 is 59.0 Å². The topological polar surface area (TPSA) is 295 Å². The number of benzene rings is 1. The minimum Gasteiger partial charge on any atom is -0.446 e. The molecular weight excluding hydrogens is 1440 g/mol. The number of piperazine rings is 2. The van der Waals surface area contributed by atoms with E-state index in [1.165, 1.54) is 6.92 Å². The molecule has 8 rings (SSSR count). The number of hydrogen-bond donors (Lipinski definition) is 3. The third kappa shape index (κ3) is 28.7. The van der Waals surface area contributed by atoms with Gasteiger partial charge >= 0.3 is 6.09 Å². The molecule has 4 aliphatic heterocycles. The number of likely N-dealkylation sites (tertiary alicyclic amines) is 1. The van der Waals surface area contributed by atoms with E-state index in [0.29, 0.717) is 139 Å². The molecule has 3 aromatic rings. The van der Waals surface area contributed by atoms with Crippen molar-refractivity contribution in [3.63, 3.8) is 0 Å². The Kier molecular flexibility index (Phi) is 37.0. The average molecular weight is 1570 g/mol. The molecular formula is C86H127N11O14S. The molecule has 9 atom stereocenters. The summed E-state index contributed by atoms with van der Waals surface area (Å²) in [6.07, 6.45) is 32.6. The van der Waals surface area contributed by atoms with Gasteiger partial charge in [-0.1, -0.05) is 76.3 Å². The van der Waals surface area contributed by atoms with Gasteiger partial charge in [0.15, 0.2) is 5.78 Å². The lowest BCUT2D eigenvalue weighted by atomic mass is 9.83. The molecule has 1 aromatic carbocycles. The Hall–Kier alpha value is -7.59. The van der Waals surface area contributed by atoms with Crippen LogP contribution in [0.3, 0.4) is 0 Å². The zero-order chi connectivity index (χ0) is 80.6. The summed E-state index contributed by atoms with van der Waals surface area (Å²) in [5.41, 5.74) is 3.46. The van der Waals surface area contributed by atoms with Gasteiger partial charge in [-0.2, -0.15) is 0 Å². The number of nitrogens with zero attached hydrogens (tertiary/aromatic N) is 9. The third-order valence-corrected chi connectivity index (χ3v) is 24.0. The number of aldehydes is 1. The van der Waals surface area contributed by atoms with Crippen LogP contribution in [0, 0.1) is 36.5 Å². The van der Waals surface area contributed by atoms with Crippen LogP contribution >= 0.6 is 11.8 Å². The largest absolute Gasteiger partial charge is 0.446 e. The van der Waals surface area contributed by atoms with Gasteiger partial charge in [-0.25, -0.2) is 24.7 Å². The number of ether oxygens (including phenoxy) is 5. The number of hydrogen-bond acceptors (Lipinski definition) is 22. The Balaban J connectivity index is 0.671. The molecule has 5 aliphatic rings. The summed E-state index contributed by atoms with van der Waals surface area (Å²) < 4.78 is 30.5. The number of anilines is 2. The van der Waals surface area contributed by atoms with Gasteiger partial charge in [0.2, 0.25) is 29.5 Å². The minimum absolute atomic E-state index is 0.0524. The van der Waals surface area contributed by atoms with Crippen LogP contribution < -0.4 is 20.4 Å². The van der Waals surface area contributed by atoms with Gasteiger partial charge in [0.05, 0.1) is 43.5 Å². The smallest absolute Gasteiger partial charge is 0.407 e. The number of piperidine rings is 1. The van der Waals surface area contributed by atoms with Crippen molar-refractivity contribution in [2.45, 2.75) is 232 Å². The van der Waals surface area contributed by atoms with E-state index < -0.39 is 11.9 Å². The number of alkyl carbamates (subject to hydrolysis) is 1. The summed E-state index contributed by atoms with van der Waals surface area (Å²) >= 11 is 1.61. The van der Waals surface area contributed by atoms with Gasteiger partial charge in [0, 0.05) is 195 Å². The quantitative estimate of drug-likeness (QED) is 0.0156. The summed E-state index contributed by atoms with van der Waals surface area (Å²) in [5.74, 6) is -0.281. The second-order valence-corrected chi connectivity index (χ2v) is 32.8. The number of thioether (sulfide) groups is 1. The van der Waals surface area contributed by atoms with Gasteiger partial charge in [0.1, 0.15) is 24.0 Å². The first-order chi connectivity index (χ1) is 53.8. The normalized spacial score (nSPS) is 22.9. The number of carbonyl (C=O) groups excluding carboxylic acids is 8. The molecule has 112 heavy (non-hydrogen) atoms. The van der Waals surface area contributed by atoms with Crippen LogP contribution in [0.1, 0.15) is 210 Å². The molecule has 26 heteroatoms. The predicted octanol–water partition coefficient (Wildman–Crippen LogP) is 12.0. The molecule has 1 saturated carbocycles. The van der Waals surface area contributed by atoms with Crippen molar-refractivity contribution in [3.8, 4) is 0 Å². The molecule has 4 saturated heterocycles. The van der Waals surface area contributed by atoms with E-state index in [1.54, 1.807) is 43.5 Å². The fraction of sp³-hybridized carbons (Fsp3) is 0.651. The number of amides is 4. The Morgan fingerprint density at radius 3 is 2.17 bits per heavy atom. The summed E-state index contributed by atoms with van der Waals surface area (Å²) in [5, 5.41) is 16.7. The maximum absolute atomic E-state index is 13.9. The first-order valence-corrected chi connectivity index (χ1v) is 42.1. The lowest BCUT2D eigenvalue weighted by molar-refractivity contribution is -0.265. The highest BCUT2D eigenvalue weighted by Gasteiger charge is 2.46. The zero-order valence-electron chi connectivity index (χ0n) is 68.3. The molecule has 4 amide bonds. The number of nitrogens with one attached hydrogen (secondary N) is 2. The summed E-state index contributed by atoms with van der Waals surface area (Å²) in [4.78, 5) is 132. The van der Waals surface area contributed by atoms with E-state index in [-0.39, 0.29) is 102 Å². The highest BCUT2D eigenvalue weighted by Crippen LogP contribution is 2.37. The predicted molar refractivity (Wildman–Crippen MR) is 435 cm³/mol. The van der Waals surface area contributed by atoms with Crippen LogP contribution in [0.15, 0.2) is 96.0 Å². The molecule has 1 aliphatic carbocycles. The van der Waals surface area contributed by atoms with Crippen molar-refractivity contribution in [2.75, 3.05) is 114 Å². The lowest BCUT2D eigenvalue weighted by Gasteiger charge is -2.45. The summed E-state index contributed by atoms with van der Waals surface area (Å²) in [6, 6.07) is 5.69. The highest BCUT2D eigenvalue weighted by atomic mass is 32.2. The number of ketones is 3. The third-order valence-electron chi connectivity index (χ3n) is 23.0. The molecule has 616 valence electrons. The van der Waals surface area contributed by atoms with Gasteiger partial charge in [-0.15, -0.1) is 11.8 Å². The molecule has 6 heterocycles. The van der Waals surface area contributed by atoms with Gasteiger partial charge in [-0.3, -0.25) is 38.5 Å². The van der Waals surface area contributed by atoms with Crippen molar-refractivity contribution in [2.24, 2.45) is 29.6 Å². The maximum Gasteiger partial charge on any atom is 0.407 e. The molecule has 25 nitrogen and oxygen atoms in total. The van der Waals surface area contributed by atoms with E-state index in [1.807, 2.05) is 106 Å². The average Bonchev–Trinajstić information content (AvgIpc) is 0.798. The first-order valence-electron chi connectivity index (χ1n) is 41.1. The molecule has 3 unspecified atom stereocenters. The van der Waals surface area contributed by atoms with E-state index in [4.69, 9.17) is 23.7 Å². The number of allylic oxidation sites excluding steroid dienone is 7. The van der Waals surface area contributed by atoms with Crippen LogP contribution in [0.25, 0.3) is 0 Å². The number of aliphatic hydroxyl groups is 1. The maximum atomic E-state index is 13.9. The van der Waals surface area contributed by atoms with Crippen LogP contribution in [-0.2, 0) is 54.2 Å². The Labute approximate surface area is 669 Å². The van der Waals surface area contributed by atoms with Crippen LogP contribution in [0.5, 0.6) is 0 Å². The molecule has 0 spiro atoms. The van der Waals surface area contributed by atoms with E-state index >= 15 is 0 Å². The molecule has 3 N–H and O–H groups in total. The van der Waals surface area contributed by atoms with E-state index in [0.717, 1.165) is 131 Å². The van der Waals surface area contributed by atoms with Crippen molar-refractivity contribution in [3.05, 3.63) is 113 Å². The standard InChI is InChI=1S/C86H127N11O14S/c1-11-108-79(54-75-28-23-66(7)86(106,111-75)67(8)99)63(4)21-14-12-13-19-61(2)51-65(6)77(101)22-16-15-20-62(3)78(102)53-74(109-48-35-85(10)34-17-18-37-97(85)68(9)100)31-26-69-24-29-73(30-25-69)110-84(105)92-57-70-55-88-82(89-56-70)96-44-42-94(43-45-96)80(103)33-47-107-49-46-93-38-40-95(41-39-93)83-90-58-72(59-91-83)81(104)87-36-50-112-76-32-27-71(60-98)64(5)52-76/h12-15,19-21,27,32,52,55-56,58-62,65-66,69,73-75,79,106H,11,16-18,22-26,28-31,33-51,53-54,57H2,1-10H3,(H,87,104)(H,92,105)/b14-12+,19-13+,20-15+,63-21+/t61?,62-,65?,66-,69?,73?,74?,75+,79+,85+,86-/m1/s1. The molecule has 5 fully saturated rings. The summed E-state index contributed by atoms with van der Waals surface area (Å²) in [6.45, 7) is 28.3. The van der Waals surface area contributed by atoms with Gasteiger partial charge in [-0.05, 0) is 153 Å². The van der Waals surface area contributed by atoms with Crippen molar-refractivity contribution >= 4 is 71.1 Å². The highest BCUT2D eigenvalue weighted by molar-refractivity contribution is 7.99. The lowest BCUT2D eigenvalue weighted by Crippen LogP contribution is -2.52. The Bertz CT molecular complexity index is 3630. The number of rotatable bonds is 43. The van der Waals surface area contributed by atoms with Crippen molar-refractivity contribution in [1.29, 1.82) is 0 Å². The molecule has 2 aromatic heterocycles. The number of carbonyl (C=O) groups is 8. The second kappa shape index (κ2) is 46.1. The fourth-order valence-electron chi connectivity index (χ4n) is 15.6. The molecule has 0 bridgehead atoms. The fourth-order valence-corrected chi connectivity index (χ4v) is 16.5. The monoisotopic (exact) mass is 1570 g/mol.